The van der Waals surface area contributed by atoms with Crippen molar-refractivity contribution in [3.8, 4) is 0 Å². The predicted octanol–water partition coefficient (Wildman–Crippen LogP) is 3.65. The lowest BCUT2D eigenvalue weighted by atomic mass is 10.1. The summed E-state index contributed by atoms with van der Waals surface area (Å²) in [5.41, 5.74) is 3.16. The third-order valence-corrected chi connectivity index (χ3v) is 4.14. The van der Waals surface area contributed by atoms with Gasteiger partial charge in [0.25, 0.3) is 0 Å². The van der Waals surface area contributed by atoms with Crippen LogP contribution in [0, 0.1) is 6.92 Å². The Balaban J connectivity index is 1.82. The van der Waals surface area contributed by atoms with E-state index < -0.39 is 0 Å². The Morgan fingerprint density at radius 1 is 1.12 bits per heavy atom. The fourth-order valence-corrected chi connectivity index (χ4v) is 2.73. The number of benzene rings is 2. The quantitative estimate of drug-likeness (QED) is 0.726. The molecule has 0 fully saturated rings. The van der Waals surface area contributed by atoms with E-state index in [1.807, 2.05) is 85.4 Å². The molecule has 1 atom stereocenters. The molecular weight excluding hydrogens is 310 g/mol. The summed E-state index contributed by atoms with van der Waals surface area (Å²) in [6.45, 7) is 2.03. The highest BCUT2D eigenvalue weighted by molar-refractivity contribution is 5.92. The van der Waals surface area contributed by atoms with Crippen LogP contribution in [0.2, 0.25) is 0 Å². The molecule has 25 heavy (non-hydrogen) atoms. The maximum absolute atomic E-state index is 12.5. The van der Waals surface area contributed by atoms with Crippen molar-refractivity contribution in [1.29, 1.82) is 0 Å². The number of aromatic nitrogens is 2. The molecule has 126 valence electrons. The van der Waals surface area contributed by atoms with Crippen LogP contribution in [0.25, 0.3) is 6.08 Å². The molecule has 0 aliphatic rings. The normalized spacial score (nSPS) is 12.2. The van der Waals surface area contributed by atoms with E-state index in [0.29, 0.717) is 0 Å². The van der Waals surface area contributed by atoms with Crippen molar-refractivity contribution < 1.29 is 4.79 Å². The van der Waals surface area contributed by atoms with Gasteiger partial charge in [-0.25, -0.2) is 4.98 Å². The van der Waals surface area contributed by atoms with Crippen molar-refractivity contribution in [2.75, 3.05) is 0 Å². The van der Waals surface area contributed by atoms with Gasteiger partial charge in [0.2, 0.25) is 5.91 Å². The second-order valence-electron chi connectivity index (χ2n) is 5.94. The molecule has 0 aliphatic carbocycles. The zero-order valence-electron chi connectivity index (χ0n) is 14.4. The number of amides is 1. The summed E-state index contributed by atoms with van der Waals surface area (Å²) in [5.74, 6) is 0.643. The first-order valence-electron chi connectivity index (χ1n) is 8.21. The Labute approximate surface area is 147 Å². The fourth-order valence-electron chi connectivity index (χ4n) is 2.73. The van der Waals surface area contributed by atoms with Gasteiger partial charge >= 0.3 is 0 Å². The van der Waals surface area contributed by atoms with Crippen LogP contribution < -0.4 is 5.32 Å². The minimum absolute atomic E-state index is 0.153. The third-order valence-electron chi connectivity index (χ3n) is 4.14. The standard InChI is InChI=1S/C21H21N3O/c1-16-8-6-7-9-17(16)12-13-19(25)23-20(18-10-4-3-5-11-18)21-22-14-15-24(21)2/h3-15,20H,1-2H3,(H,23,25)/b13-12+. The number of hydrogen-bond donors (Lipinski definition) is 1. The monoisotopic (exact) mass is 331 g/mol. The number of hydrogen-bond acceptors (Lipinski definition) is 2. The van der Waals surface area contributed by atoms with E-state index in [1.54, 1.807) is 12.3 Å². The molecule has 0 bridgehead atoms. The lowest BCUT2D eigenvalue weighted by Crippen LogP contribution is -2.29. The molecule has 3 aromatic rings. The molecular formula is C21H21N3O. The topological polar surface area (TPSA) is 46.9 Å². The van der Waals surface area contributed by atoms with Crippen molar-refractivity contribution in [2.45, 2.75) is 13.0 Å². The molecule has 1 N–H and O–H groups in total. The van der Waals surface area contributed by atoms with E-state index in [2.05, 4.69) is 10.3 Å². The Morgan fingerprint density at radius 2 is 1.84 bits per heavy atom. The second kappa shape index (κ2) is 7.62. The molecule has 1 heterocycles. The summed E-state index contributed by atoms with van der Waals surface area (Å²) in [4.78, 5) is 16.9. The number of rotatable bonds is 5. The first kappa shape index (κ1) is 16.7. The first-order chi connectivity index (χ1) is 12.1. The lowest BCUT2D eigenvalue weighted by Gasteiger charge is -2.18. The van der Waals surface area contributed by atoms with Gasteiger partial charge in [-0.05, 0) is 29.7 Å². The highest BCUT2D eigenvalue weighted by Gasteiger charge is 2.19. The van der Waals surface area contributed by atoms with Gasteiger partial charge in [0.15, 0.2) is 0 Å². The highest BCUT2D eigenvalue weighted by Crippen LogP contribution is 2.20. The highest BCUT2D eigenvalue weighted by atomic mass is 16.1. The Hall–Kier alpha value is -3.14. The molecule has 1 unspecified atom stereocenters. The van der Waals surface area contributed by atoms with Crippen LogP contribution in [0.15, 0.2) is 73.1 Å². The van der Waals surface area contributed by atoms with Crippen LogP contribution in [-0.4, -0.2) is 15.5 Å². The van der Waals surface area contributed by atoms with Crippen LogP contribution >= 0.6 is 0 Å². The number of nitrogens with one attached hydrogen (secondary N) is 1. The van der Waals surface area contributed by atoms with Crippen molar-refractivity contribution in [3.05, 3.63) is 95.6 Å². The maximum Gasteiger partial charge on any atom is 0.244 e. The van der Waals surface area contributed by atoms with E-state index in [9.17, 15) is 4.79 Å². The molecule has 0 saturated heterocycles. The van der Waals surface area contributed by atoms with Crippen LogP contribution in [0.5, 0.6) is 0 Å². The van der Waals surface area contributed by atoms with Gasteiger partial charge in [-0.2, -0.15) is 0 Å². The molecule has 1 aromatic heterocycles. The minimum Gasteiger partial charge on any atom is -0.339 e. The summed E-state index contributed by atoms with van der Waals surface area (Å²) in [7, 11) is 1.92. The third kappa shape index (κ3) is 4.04. The average molecular weight is 331 g/mol. The van der Waals surface area contributed by atoms with E-state index in [0.717, 1.165) is 22.5 Å². The van der Waals surface area contributed by atoms with E-state index in [-0.39, 0.29) is 11.9 Å². The Kier molecular flexibility index (Phi) is 5.09. The zero-order valence-corrected chi connectivity index (χ0v) is 14.4. The Bertz CT molecular complexity index is 881. The second-order valence-corrected chi connectivity index (χ2v) is 5.94. The summed E-state index contributed by atoms with van der Waals surface area (Å²) < 4.78 is 1.92. The number of nitrogens with zero attached hydrogens (tertiary/aromatic N) is 2. The maximum atomic E-state index is 12.5. The van der Waals surface area contributed by atoms with Gasteiger partial charge in [0, 0.05) is 25.5 Å². The van der Waals surface area contributed by atoms with Crippen molar-refractivity contribution in [3.63, 3.8) is 0 Å². The SMILES string of the molecule is Cc1ccccc1/C=C/C(=O)NC(c1ccccc1)c1nccn1C. The molecule has 3 rings (SSSR count). The van der Waals surface area contributed by atoms with Crippen LogP contribution in [-0.2, 0) is 11.8 Å². The van der Waals surface area contributed by atoms with Crippen LogP contribution in [0.4, 0.5) is 0 Å². The summed E-state index contributed by atoms with van der Waals surface area (Å²) >= 11 is 0. The number of imidazole rings is 1. The molecule has 4 nitrogen and oxygen atoms in total. The number of carbonyl (C=O) groups is 1. The molecule has 2 aromatic carbocycles. The Morgan fingerprint density at radius 3 is 2.52 bits per heavy atom. The molecule has 0 radical (unpaired) electrons. The fraction of sp³-hybridized carbons (Fsp3) is 0.143. The van der Waals surface area contributed by atoms with Gasteiger partial charge < -0.3 is 9.88 Å². The van der Waals surface area contributed by atoms with E-state index >= 15 is 0 Å². The molecule has 0 spiro atoms. The van der Waals surface area contributed by atoms with E-state index in [4.69, 9.17) is 0 Å². The minimum atomic E-state index is -0.296. The summed E-state index contributed by atoms with van der Waals surface area (Å²) in [5, 5.41) is 3.06. The van der Waals surface area contributed by atoms with E-state index in [1.165, 1.54) is 0 Å². The van der Waals surface area contributed by atoms with Crippen molar-refractivity contribution >= 4 is 12.0 Å². The van der Waals surface area contributed by atoms with Crippen LogP contribution in [0.3, 0.4) is 0 Å². The predicted molar refractivity (Wildman–Crippen MR) is 99.8 cm³/mol. The molecule has 1 amide bonds. The van der Waals surface area contributed by atoms with Gasteiger partial charge in [-0.15, -0.1) is 0 Å². The largest absolute Gasteiger partial charge is 0.339 e. The van der Waals surface area contributed by atoms with Gasteiger partial charge in [-0.1, -0.05) is 54.6 Å². The van der Waals surface area contributed by atoms with Crippen molar-refractivity contribution in [1.82, 2.24) is 14.9 Å². The summed E-state index contributed by atoms with van der Waals surface area (Å²) in [6, 6.07) is 17.5. The van der Waals surface area contributed by atoms with Gasteiger partial charge in [0.05, 0.1) is 0 Å². The lowest BCUT2D eigenvalue weighted by molar-refractivity contribution is -0.117. The zero-order chi connectivity index (χ0) is 17.6. The van der Waals surface area contributed by atoms with Gasteiger partial charge in [-0.3, -0.25) is 4.79 Å². The van der Waals surface area contributed by atoms with Gasteiger partial charge in [0.1, 0.15) is 11.9 Å². The molecule has 0 saturated carbocycles. The average Bonchev–Trinajstić information content (AvgIpc) is 3.05. The van der Waals surface area contributed by atoms with Crippen LogP contribution in [0.1, 0.15) is 28.6 Å². The van der Waals surface area contributed by atoms with Crippen molar-refractivity contribution in [2.24, 2.45) is 7.05 Å². The molecule has 4 heteroatoms. The molecule has 0 aliphatic heterocycles. The smallest absolute Gasteiger partial charge is 0.244 e. The first-order valence-corrected chi connectivity index (χ1v) is 8.21. The number of aryl methyl sites for hydroxylation is 2. The summed E-state index contributed by atoms with van der Waals surface area (Å²) in [6.07, 6.45) is 7.02. The number of carbonyl (C=O) groups excluding carboxylic acids is 1.